The third-order valence-electron chi connectivity index (χ3n) is 1.97. The Balaban J connectivity index is 2.24. The highest BCUT2D eigenvalue weighted by atomic mass is 16.5. The van der Waals surface area contributed by atoms with E-state index >= 15 is 0 Å². The Morgan fingerprint density at radius 3 is 2.94 bits per heavy atom. The molecule has 0 spiro atoms. The minimum absolute atomic E-state index is 0.000403. The molecule has 6 heteroatoms. The van der Waals surface area contributed by atoms with E-state index in [4.69, 9.17) is 10.3 Å². The summed E-state index contributed by atoms with van der Waals surface area (Å²) in [6.07, 6.45) is 2.23. The molecule has 0 aromatic carbocycles. The van der Waals surface area contributed by atoms with Gasteiger partial charge in [0.25, 0.3) is 0 Å². The van der Waals surface area contributed by atoms with Gasteiger partial charge in [0.05, 0.1) is 0 Å². The molecule has 84 valence electrons. The summed E-state index contributed by atoms with van der Waals surface area (Å²) in [4.78, 5) is 12.4. The van der Waals surface area contributed by atoms with Gasteiger partial charge in [-0.2, -0.15) is 4.98 Å². The summed E-state index contributed by atoms with van der Waals surface area (Å²) in [5.74, 6) is 1.68. The maximum atomic E-state index is 5.64. The van der Waals surface area contributed by atoms with Gasteiger partial charge in [0.15, 0.2) is 0 Å². The maximum Gasteiger partial charge on any atom is 0.228 e. The lowest BCUT2D eigenvalue weighted by Gasteiger charge is -1.96. The highest BCUT2D eigenvalue weighted by Gasteiger charge is 2.11. The predicted molar refractivity (Wildman–Crippen MR) is 57.4 cm³/mol. The molecule has 0 saturated carbocycles. The van der Waals surface area contributed by atoms with Crippen molar-refractivity contribution in [3.8, 4) is 11.5 Å². The number of hydrogen-bond donors (Lipinski definition) is 1. The van der Waals surface area contributed by atoms with E-state index in [9.17, 15) is 0 Å². The SMILES string of the molecule is Cc1nccc(-c2noc(CC(C)N)n2)n1. The molecule has 0 aliphatic rings. The second kappa shape index (κ2) is 4.36. The number of rotatable bonds is 3. The van der Waals surface area contributed by atoms with Crippen LogP contribution in [0.5, 0.6) is 0 Å². The molecule has 2 aromatic heterocycles. The Morgan fingerprint density at radius 1 is 1.44 bits per heavy atom. The van der Waals surface area contributed by atoms with E-state index in [0.717, 1.165) is 0 Å². The van der Waals surface area contributed by atoms with Crippen LogP contribution in [0.4, 0.5) is 0 Å². The van der Waals surface area contributed by atoms with Crippen LogP contribution in [0.3, 0.4) is 0 Å². The van der Waals surface area contributed by atoms with Crippen LogP contribution in [0.25, 0.3) is 11.5 Å². The van der Waals surface area contributed by atoms with Crippen LogP contribution < -0.4 is 5.73 Å². The van der Waals surface area contributed by atoms with Crippen molar-refractivity contribution < 1.29 is 4.52 Å². The third-order valence-corrected chi connectivity index (χ3v) is 1.97. The highest BCUT2D eigenvalue weighted by molar-refractivity contribution is 5.46. The van der Waals surface area contributed by atoms with Gasteiger partial charge in [0.1, 0.15) is 11.5 Å². The normalized spacial score (nSPS) is 12.7. The first-order valence-electron chi connectivity index (χ1n) is 5.03. The molecule has 2 rings (SSSR count). The number of nitrogens with two attached hydrogens (primary N) is 1. The van der Waals surface area contributed by atoms with E-state index in [0.29, 0.717) is 29.7 Å². The van der Waals surface area contributed by atoms with Crippen LogP contribution in [-0.4, -0.2) is 26.2 Å². The van der Waals surface area contributed by atoms with Gasteiger partial charge in [-0.25, -0.2) is 9.97 Å². The Kier molecular flexibility index (Phi) is 2.91. The quantitative estimate of drug-likeness (QED) is 0.818. The number of hydrogen-bond acceptors (Lipinski definition) is 6. The maximum absolute atomic E-state index is 5.64. The lowest BCUT2D eigenvalue weighted by Crippen LogP contribution is -2.17. The molecule has 0 aliphatic carbocycles. The molecule has 0 amide bonds. The molecule has 0 radical (unpaired) electrons. The van der Waals surface area contributed by atoms with Crippen molar-refractivity contribution in [1.29, 1.82) is 0 Å². The zero-order chi connectivity index (χ0) is 11.5. The molecular weight excluding hydrogens is 206 g/mol. The van der Waals surface area contributed by atoms with Gasteiger partial charge in [0, 0.05) is 18.7 Å². The Labute approximate surface area is 92.9 Å². The first kappa shape index (κ1) is 10.7. The lowest BCUT2D eigenvalue weighted by atomic mass is 10.2. The average molecular weight is 219 g/mol. The molecule has 2 heterocycles. The van der Waals surface area contributed by atoms with E-state index < -0.39 is 0 Å². The topological polar surface area (TPSA) is 90.7 Å². The van der Waals surface area contributed by atoms with Gasteiger partial charge in [-0.3, -0.25) is 0 Å². The van der Waals surface area contributed by atoms with Gasteiger partial charge in [0.2, 0.25) is 11.7 Å². The first-order valence-corrected chi connectivity index (χ1v) is 5.03. The summed E-state index contributed by atoms with van der Waals surface area (Å²) < 4.78 is 5.07. The van der Waals surface area contributed by atoms with E-state index in [1.54, 1.807) is 12.3 Å². The Hall–Kier alpha value is -1.82. The van der Waals surface area contributed by atoms with Crippen molar-refractivity contribution in [2.75, 3.05) is 0 Å². The fourth-order valence-electron chi connectivity index (χ4n) is 1.30. The second-order valence-electron chi connectivity index (χ2n) is 3.68. The molecule has 0 saturated heterocycles. The second-order valence-corrected chi connectivity index (χ2v) is 3.68. The monoisotopic (exact) mass is 219 g/mol. The van der Waals surface area contributed by atoms with Crippen LogP contribution in [0, 0.1) is 6.92 Å². The van der Waals surface area contributed by atoms with E-state index in [1.165, 1.54) is 0 Å². The third kappa shape index (κ3) is 2.40. The van der Waals surface area contributed by atoms with E-state index in [1.807, 2.05) is 13.8 Å². The van der Waals surface area contributed by atoms with Crippen molar-refractivity contribution in [3.05, 3.63) is 24.0 Å². The predicted octanol–water partition coefficient (Wildman–Crippen LogP) is 0.725. The van der Waals surface area contributed by atoms with Crippen LogP contribution in [0.2, 0.25) is 0 Å². The first-order chi connectivity index (χ1) is 7.65. The van der Waals surface area contributed by atoms with Crippen molar-refractivity contribution in [2.24, 2.45) is 5.73 Å². The minimum Gasteiger partial charge on any atom is -0.339 e. The van der Waals surface area contributed by atoms with Gasteiger partial charge in [-0.15, -0.1) is 0 Å². The largest absolute Gasteiger partial charge is 0.339 e. The zero-order valence-electron chi connectivity index (χ0n) is 9.21. The Morgan fingerprint density at radius 2 is 2.25 bits per heavy atom. The Bertz CT molecular complexity index is 480. The van der Waals surface area contributed by atoms with E-state index in [2.05, 4.69) is 20.1 Å². The summed E-state index contributed by atoms with van der Waals surface area (Å²) in [6.45, 7) is 3.70. The van der Waals surface area contributed by atoms with Crippen LogP contribution in [0.1, 0.15) is 18.6 Å². The number of aromatic nitrogens is 4. The molecular formula is C10H13N5O. The fourth-order valence-corrected chi connectivity index (χ4v) is 1.30. The fraction of sp³-hybridized carbons (Fsp3) is 0.400. The number of aryl methyl sites for hydroxylation is 1. The standard InChI is InChI=1S/C10H13N5O/c1-6(11)5-9-14-10(15-16-9)8-3-4-12-7(2)13-8/h3-4,6H,5,11H2,1-2H3. The van der Waals surface area contributed by atoms with Crippen LogP contribution >= 0.6 is 0 Å². The van der Waals surface area contributed by atoms with Gasteiger partial charge in [-0.1, -0.05) is 5.16 Å². The van der Waals surface area contributed by atoms with Crippen molar-refractivity contribution in [2.45, 2.75) is 26.3 Å². The van der Waals surface area contributed by atoms with Crippen LogP contribution in [-0.2, 0) is 6.42 Å². The summed E-state index contributed by atoms with van der Waals surface area (Å²) in [6, 6.07) is 1.74. The summed E-state index contributed by atoms with van der Waals surface area (Å²) in [7, 11) is 0. The molecule has 0 bridgehead atoms. The molecule has 0 fully saturated rings. The van der Waals surface area contributed by atoms with Crippen molar-refractivity contribution in [1.82, 2.24) is 20.1 Å². The zero-order valence-corrected chi connectivity index (χ0v) is 9.21. The molecule has 1 unspecified atom stereocenters. The summed E-state index contributed by atoms with van der Waals surface area (Å²) in [5.41, 5.74) is 6.30. The molecule has 2 N–H and O–H groups in total. The van der Waals surface area contributed by atoms with Crippen LogP contribution in [0.15, 0.2) is 16.8 Å². The van der Waals surface area contributed by atoms with Gasteiger partial charge in [-0.05, 0) is 19.9 Å². The molecule has 1 atom stereocenters. The summed E-state index contributed by atoms with van der Waals surface area (Å²) >= 11 is 0. The molecule has 16 heavy (non-hydrogen) atoms. The number of nitrogens with zero attached hydrogens (tertiary/aromatic N) is 4. The molecule has 6 nitrogen and oxygen atoms in total. The average Bonchev–Trinajstić information content (AvgIpc) is 2.65. The highest BCUT2D eigenvalue weighted by Crippen LogP contribution is 2.12. The smallest absolute Gasteiger partial charge is 0.228 e. The summed E-state index contributed by atoms with van der Waals surface area (Å²) in [5, 5.41) is 3.85. The molecule has 2 aromatic rings. The van der Waals surface area contributed by atoms with Crippen molar-refractivity contribution >= 4 is 0 Å². The van der Waals surface area contributed by atoms with Crippen molar-refractivity contribution in [3.63, 3.8) is 0 Å². The lowest BCUT2D eigenvalue weighted by molar-refractivity contribution is 0.372. The van der Waals surface area contributed by atoms with Gasteiger partial charge >= 0.3 is 0 Å². The van der Waals surface area contributed by atoms with E-state index in [-0.39, 0.29) is 6.04 Å². The minimum atomic E-state index is 0.000403. The van der Waals surface area contributed by atoms with Gasteiger partial charge < -0.3 is 10.3 Å². The molecule has 0 aliphatic heterocycles.